The van der Waals surface area contributed by atoms with Gasteiger partial charge in [-0.2, -0.15) is 0 Å². The number of hydrogen-bond acceptors (Lipinski definition) is 4. The van der Waals surface area contributed by atoms with E-state index in [1.807, 2.05) is 30.3 Å². The quantitative estimate of drug-likeness (QED) is 0.844. The minimum absolute atomic E-state index is 0.194. The molecule has 0 saturated heterocycles. The van der Waals surface area contributed by atoms with Gasteiger partial charge < -0.3 is 19.2 Å². The third-order valence-electron chi connectivity index (χ3n) is 3.56. The van der Waals surface area contributed by atoms with Crippen LogP contribution in [0.15, 0.2) is 34.7 Å². The maximum Gasteiger partial charge on any atom is 0.161 e. The summed E-state index contributed by atoms with van der Waals surface area (Å²) in [6.45, 7) is 4.91. The number of nitrogens with one attached hydrogen (secondary N) is 1. The molecule has 1 unspecified atom stereocenters. The predicted molar refractivity (Wildman–Crippen MR) is 82.9 cm³/mol. The molecule has 0 aliphatic heterocycles. The Morgan fingerprint density at radius 3 is 2.38 bits per heavy atom. The summed E-state index contributed by atoms with van der Waals surface area (Å²) in [5.74, 6) is 3.46. The van der Waals surface area contributed by atoms with Gasteiger partial charge in [0.05, 0.1) is 20.8 Å². The molecule has 1 atom stereocenters. The monoisotopic (exact) mass is 289 g/mol. The smallest absolute Gasteiger partial charge is 0.161 e. The first-order chi connectivity index (χ1) is 10.2. The molecule has 21 heavy (non-hydrogen) atoms. The van der Waals surface area contributed by atoms with Crippen molar-refractivity contribution in [2.75, 3.05) is 14.2 Å². The van der Waals surface area contributed by atoms with Crippen LogP contribution in [0.2, 0.25) is 0 Å². The van der Waals surface area contributed by atoms with E-state index < -0.39 is 0 Å². The summed E-state index contributed by atoms with van der Waals surface area (Å²) < 4.78 is 16.3. The Morgan fingerprint density at radius 2 is 1.76 bits per heavy atom. The van der Waals surface area contributed by atoms with Crippen LogP contribution in [0.4, 0.5) is 0 Å². The van der Waals surface area contributed by atoms with Gasteiger partial charge in [0.2, 0.25) is 0 Å². The maximum absolute atomic E-state index is 5.69. The molecule has 0 spiro atoms. The highest BCUT2D eigenvalue weighted by Gasteiger charge is 2.10. The van der Waals surface area contributed by atoms with Crippen LogP contribution in [0.25, 0.3) is 0 Å². The second-order valence-electron chi connectivity index (χ2n) is 4.94. The third kappa shape index (κ3) is 3.79. The second kappa shape index (κ2) is 7.18. The first-order valence-corrected chi connectivity index (χ1v) is 7.20. The van der Waals surface area contributed by atoms with Crippen LogP contribution in [-0.4, -0.2) is 14.2 Å². The molecule has 0 bridgehead atoms. The Balaban J connectivity index is 2.01. The van der Waals surface area contributed by atoms with Crippen molar-refractivity contribution in [3.8, 4) is 11.5 Å². The van der Waals surface area contributed by atoms with E-state index in [2.05, 4.69) is 19.2 Å². The van der Waals surface area contributed by atoms with E-state index in [1.165, 1.54) is 0 Å². The van der Waals surface area contributed by atoms with E-state index in [4.69, 9.17) is 13.9 Å². The molecule has 114 valence electrons. The van der Waals surface area contributed by atoms with Crippen LogP contribution in [0.1, 0.15) is 37.0 Å². The molecule has 1 aromatic carbocycles. The maximum atomic E-state index is 5.69. The number of aryl methyl sites for hydroxylation is 1. The van der Waals surface area contributed by atoms with Crippen LogP contribution < -0.4 is 14.8 Å². The largest absolute Gasteiger partial charge is 0.493 e. The molecule has 4 nitrogen and oxygen atoms in total. The molecule has 0 aliphatic rings. The van der Waals surface area contributed by atoms with E-state index in [0.717, 1.165) is 35.0 Å². The van der Waals surface area contributed by atoms with E-state index in [1.54, 1.807) is 14.2 Å². The zero-order valence-corrected chi connectivity index (χ0v) is 13.1. The molecule has 2 rings (SSSR count). The lowest BCUT2D eigenvalue weighted by Gasteiger charge is -2.16. The fourth-order valence-electron chi connectivity index (χ4n) is 2.20. The van der Waals surface area contributed by atoms with Gasteiger partial charge in [-0.1, -0.05) is 13.0 Å². The van der Waals surface area contributed by atoms with Crippen molar-refractivity contribution in [3.05, 3.63) is 47.4 Å². The van der Waals surface area contributed by atoms with Crippen molar-refractivity contribution in [2.45, 2.75) is 32.9 Å². The van der Waals surface area contributed by atoms with Gasteiger partial charge in [0.1, 0.15) is 11.5 Å². The highest BCUT2D eigenvalue weighted by molar-refractivity contribution is 5.43. The molecule has 0 amide bonds. The average molecular weight is 289 g/mol. The van der Waals surface area contributed by atoms with Crippen LogP contribution in [0.5, 0.6) is 11.5 Å². The van der Waals surface area contributed by atoms with Crippen molar-refractivity contribution in [3.63, 3.8) is 0 Å². The highest BCUT2D eigenvalue weighted by Crippen LogP contribution is 2.29. The Labute approximate surface area is 126 Å². The SMILES string of the molecule is CCc1ccc(CNC(C)c2ccc(OC)c(OC)c2)o1. The highest BCUT2D eigenvalue weighted by atomic mass is 16.5. The van der Waals surface area contributed by atoms with Gasteiger partial charge in [0.25, 0.3) is 0 Å². The lowest BCUT2D eigenvalue weighted by molar-refractivity contribution is 0.353. The minimum atomic E-state index is 0.194. The van der Waals surface area contributed by atoms with Crippen molar-refractivity contribution in [1.29, 1.82) is 0 Å². The van der Waals surface area contributed by atoms with Crippen molar-refractivity contribution < 1.29 is 13.9 Å². The first kappa shape index (κ1) is 15.4. The topological polar surface area (TPSA) is 43.6 Å². The van der Waals surface area contributed by atoms with Gasteiger partial charge in [-0.25, -0.2) is 0 Å². The number of rotatable bonds is 7. The van der Waals surface area contributed by atoms with Crippen LogP contribution >= 0.6 is 0 Å². The summed E-state index contributed by atoms with van der Waals surface area (Å²) >= 11 is 0. The summed E-state index contributed by atoms with van der Waals surface area (Å²) in [6, 6.07) is 10.2. The number of furan rings is 1. The number of methoxy groups -OCH3 is 2. The number of benzene rings is 1. The Kier molecular flexibility index (Phi) is 5.28. The lowest BCUT2D eigenvalue weighted by atomic mass is 10.1. The minimum Gasteiger partial charge on any atom is -0.493 e. The van der Waals surface area contributed by atoms with Crippen molar-refractivity contribution >= 4 is 0 Å². The third-order valence-corrected chi connectivity index (χ3v) is 3.56. The summed E-state index contributed by atoms with van der Waals surface area (Å²) in [5, 5.41) is 3.45. The van der Waals surface area contributed by atoms with Gasteiger partial charge in [-0.05, 0) is 36.8 Å². The van der Waals surface area contributed by atoms with E-state index in [0.29, 0.717) is 6.54 Å². The first-order valence-electron chi connectivity index (χ1n) is 7.20. The van der Waals surface area contributed by atoms with Crippen molar-refractivity contribution in [1.82, 2.24) is 5.32 Å². The lowest BCUT2D eigenvalue weighted by Crippen LogP contribution is -2.17. The summed E-state index contributed by atoms with van der Waals surface area (Å²) in [4.78, 5) is 0. The molecular weight excluding hydrogens is 266 g/mol. The normalized spacial score (nSPS) is 12.2. The van der Waals surface area contributed by atoms with Crippen LogP contribution in [-0.2, 0) is 13.0 Å². The number of hydrogen-bond donors (Lipinski definition) is 1. The fraction of sp³-hybridized carbons (Fsp3) is 0.412. The van der Waals surface area contributed by atoms with Crippen LogP contribution in [0.3, 0.4) is 0 Å². The summed E-state index contributed by atoms with van der Waals surface area (Å²) in [5.41, 5.74) is 1.15. The number of ether oxygens (including phenoxy) is 2. The van der Waals surface area contributed by atoms with Gasteiger partial charge in [-0.15, -0.1) is 0 Å². The van der Waals surface area contributed by atoms with Crippen molar-refractivity contribution in [2.24, 2.45) is 0 Å². The average Bonchev–Trinajstić information content (AvgIpc) is 2.99. The molecule has 0 saturated carbocycles. The standard InChI is InChI=1S/C17H23NO3/c1-5-14-7-8-15(21-14)11-18-12(2)13-6-9-16(19-3)17(10-13)20-4/h6-10,12,18H,5,11H2,1-4H3. The summed E-state index contributed by atoms with van der Waals surface area (Å²) in [6.07, 6.45) is 0.922. The molecule has 0 aliphatic carbocycles. The van der Waals surface area contributed by atoms with E-state index >= 15 is 0 Å². The van der Waals surface area contributed by atoms with Gasteiger partial charge >= 0.3 is 0 Å². The Morgan fingerprint density at radius 1 is 1.05 bits per heavy atom. The molecule has 0 radical (unpaired) electrons. The molecule has 0 fully saturated rings. The Bertz CT molecular complexity index is 577. The summed E-state index contributed by atoms with van der Waals surface area (Å²) in [7, 11) is 3.29. The molecule has 1 aromatic heterocycles. The van der Waals surface area contributed by atoms with Crippen LogP contribution in [0, 0.1) is 0 Å². The van der Waals surface area contributed by atoms with E-state index in [9.17, 15) is 0 Å². The zero-order chi connectivity index (χ0) is 15.2. The zero-order valence-electron chi connectivity index (χ0n) is 13.1. The molecular formula is C17H23NO3. The fourth-order valence-corrected chi connectivity index (χ4v) is 2.20. The van der Waals surface area contributed by atoms with Gasteiger partial charge in [0, 0.05) is 12.5 Å². The van der Waals surface area contributed by atoms with Gasteiger partial charge in [0.15, 0.2) is 11.5 Å². The Hall–Kier alpha value is -1.94. The molecule has 1 N–H and O–H groups in total. The molecule has 4 heteroatoms. The second-order valence-corrected chi connectivity index (χ2v) is 4.94. The van der Waals surface area contributed by atoms with Gasteiger partial charge in [-0.3, -0.25) is 0 Å². The molecule has 1 heterocycles. The predicted octanol–water partition coefficient (Wildman–Crippen LogP) is 3.71. The van der Waals surface area contributed by atoms with E-state index in [-0.39, 0.29) is 6.04 Å². The molecule has 2 aromatic rings.